The Labute approximate surface area is 154 Å². The second-order valence-corrected chi connectivity index (χ2v) is 7.60. The molecule has 6 heteroatoms. The summed E-state index contributed by atoms with van der Waals surface area (Å²) in [5.74, 6) is 0.235. The number of nitrogens with zero attached hydrogens (tertiary/aromatic N) is 1. The number of halogens is 2. The summed E-state index contributed by atoms with van der Waals surface area (Å²) in [7, 11) is 0. The van der Waals surface area contributed by atoms with E-state index in [0.717, 1.165) is 37.9 Å². The van der Waals surface area contributed by atoms with Gasteiger partial charge in [0, 0.05) is 12.5 Å². The van der Waals surface area contributed by atoms with Gasteiger partial charge in [0.05, 0.1) is 12.6 Å². The summed E-state index contributed by atoms with van der Waals surface area (Å²) in [6.07, 6.45) is 3.11. The minimum atomic E-state index is -0.249. The van der Waals surface area contributed by atoms with Gasteiger partial charge in [-0.05, 0) is 62.4 Å². The van der Waals surface area contributed by atoms with Gasteiger partial charge in [-0.15, -0.1) is 12.4 Å². The summed E-state index contributed by atoms with van der Waals surface area (Å²) in [5.41, 5.74) is 1.20. The van der Waals surface area contributed by atoms with Gasteiger partial charge in [0.25, 0.3) is 0 Å². The lowest BCUT2D eigenvalue weighted by Crippen LogP contribution is -2.47. The Kier molecular flexibility index (Phi) is 5.37. The molecule has 4 rings (SSSR count). The molecule has 1 aromatic rings. The van der Waals surface area contributed by atoms with Gasteiger partial charge in [0.1, 0.15) is 11.9 Å². The molecule has 1 aliphatic carbocycles. The van der Waals surface area contributed by atoms with Crippen LogP contribution in [0.4, 0.5) is 4.39 Å². The normalized spacial score (nSPS) is 30.6. The van der Waals surface area contributed by atoms with Gasteiger partial charge in [-0.25, -0.2) is 4.39 Å². The van der Waals surface area contributed by atoms with Crippen molar-refractivity contribution in [2.75, 3.05) is 26.2 Å². The number of hydrogen-bond donors (Lipinski definition) is 1. The topological polar surface area (TPSA) is 41.6 Å². The van der Waals surface area contributed by atoms with Crippen LogP contribution in [0.3, 0.4) is 0 Å². The van der Waals surface area contributed by atoms with E-state index in [9.17, 15) is 9.18 Å². The van der Waals surface area contributed by atoms with Gasteiger partial charge in [0.2, 0.25) is 5.91 Å². The van der Waals surface area contributed by atoms with E-state index in [0.29, 0.717) is 19.0 Å². The van der Waals surface area contributed by atoms with Gasteiger partial charge in [-0.3, -0.25) is 4.79 Å². The van der Waals surface area contributed by atoms with Crippen molar-refractivity contribution in [2.24, 2.45) is 11.3 Å². The molecule has 25 heavy (non-hydrogen) atoms. The average molecular weight is 369 g/mol. The molecule has 1 spiro atoms. The Morgan fingerprint density at radius 3 is 2.60 bits per heavy atom. The molecule has 2 saturated heterocycles. The first kappa shape index (κ1) is 18.6. The van der Waals surface area contributed by atoms with Gasteiger partial charge in [0.15, 0.2) is 0 Å². The van der Waals surface area contributed by atoms with E-state index in [1.807, 2.05) is 11.8 Å². The molecule has 3 fully saturated rings. The predicted octanol–water partition coefficient (Wildman–Crippen LogP) is 2.93. The van der Waals surface area contributed by atoms with Gasteiger partial charge in [-0.1, -0.05) is 12.1 Å². The van der Waals surface area contributed by atoms with Gasteiger partial charge in [-0.2, -0.15) is 0 Å². The first-order valence-corrected chi connectivity index (χ1v) is 8.98. The second-order valence-electron chi connectivity index (χ2n) is 7.60. The Morgan fingerprint density at radius 1 is 1.24 bits per heavy atom. The Bertz CT molecular complexity index is 618. The molecule has 3 unspecified atom stereocenters. The highest BCUT2D eigenvalue weighted by atomic mass is 35.5. The zero-order valence-corrected chi connectivity index (χ0v) is 15.4. The quantitative estimate of drug-likeness (QED) is 0.872. The van der Waals surface area contributed by atoms with Crippen LogP contribution in [0, 0.1) is 17.2 Å². The van der Waals surface area contributed by atoms with Gasteiger partial charge < -0.3 is 15.0 Å². The molecule has 0 radical (unpaired) electrons. The van der Waals surface area contributed by atoms with Crippen LogP contribution >= 0.6 is 12.4 Å². The standard InChI is InChI=1S/C19H25FN2O2.ClH/c1-13-11-22(12-17(24-13)14-2-4-15(20)5-3-14)18(23)16-10-19(16)6-8-21-9-7-19;/h2-5,13,16-17,21H,6-12H2,1H3;1H. The van der Waals surface area contributed by atoms with E-state index in [1.54, 1.807) is 12.1 Å². The molecule has 138 valence electrons. The highest BCUT2D eigenvalue weighted by Crippen LogP contribution is 2.59. The molecule has 1 amide bonds. The summed E-state index contributed by atoms with van der Waals surface area (Å²) in [5, 5.41) is 3.38. The Morgan fingerprint density at radius 2 is 1.92 bits per heavy atom. The maximum Gasteiger partial charge on any atom is 0.226 e. The van der Waals surface area contributed by atoms with Crippen molar-refractivity contribution in [3.8, 4) is 0 Å². The number of rotatable bonds is 2. The van der Waals surface area contributed by atoms with Crippen molar-refractivity contribution in [1.29, 1.82) is 0 Å². The summed E-state index contributed by atoms with van der Waals surface area (Å²) >= 11 is 0. The zero-order chi connectivity index (χ0) is 16.7. The van der Waals surface area contributed by atoms with Crippen LogP contribution in [-0.4, -0.2) is 43.1 Å². The molecule has 1 saturated carbocycles. The van der Waals surface area contributed by atoms with Crippen LogP contribution in [0.5, 0.6) is 0 Å². The van der Waals surface area contributed by atoms with Crippen LogP contribution in [0.15, 0.2) is 24.3 Å². The smallest absolute Gasteiger partial charge is 0.226 e. The van der Waals surface area contributed by atoms with Crippen LogP contribution in [-0.2, 0) is 9.53 Å². The summed E-state index contributed by atoms with van der Waals surface area (Å²) in [6, 6.07) is 6.42. The Balaban J connectivity index is 0.00000182. The SMILES string of the molecule is CC1CN(C(=O)C2CC23CCNCC3)CC(c2ccc(F)cc2)O1.Cl. The zero-order valence-electron chi connectivity index (χ0n) is 14.5. The van der Waals surface area contributed by atoms with Crippen molar-refractivity contribution >= 4 is 18.3 Å². The molecule has 1 aromatic carbocycles. The molecule has 2 aliphatic heterocycles. The molecule has 3 aliphatic rings. The largest absolute Gasteiger partial charge is 0.367 e. The second kappa shape index (κ2) is 7.22. The van der Waals surface area contributed by atoms with E-state index in [-0.39, 0.29) is 41.8 Å². The van der Waals surface area contributed by atoms with E-state index in [1.165, 1.54) is 12.1 Å². The fraction of sp³-hybridized carbons (Fsp3) is 0.632. The number of benzene rings is 1. The number of hydrogen-bond acceptors (Lipinski definition) is 3. The monoisotopic (exact) mass is 368 g/mol. The van der Waals surface area contributed by atoms with E-state index < -0.39 is 0 Å². The van der Waals surface area contributed by atoms with Crippen LogP contribution in [0.1, 0.15) is 37.9 Å². The molecule has 1 N–H and O–H groups in total. The van der Waals surface area contributed by atoms with Gasteiger partial charge >= 0.3 is 0 Å². The number of carbonyl (C=O) groups excluding carboxylic acids is 1. The first-order valence-electron chi connectivity index (χ1n) is 8.98. The minimum absolute atomic E-state index is 0. The van der Waals surface area contributed by atoms with Crippen LogP contribution in [0.2, 0.25) is 0 Å². The number of amides is 1. The molecule has 3 atom stereocenters. The molecule has 4 nitrogen and oxygen atoms in total. The fourth-order valence-corrected chi connectivity index (χ4v) is 4.39. The van der Waals surface area contributed by atoms with Crippen molar-refractivity contribution in [3.05, 3.63) is 35.6 Å². The van der Waals surface area contributed by atoms with Crippen LogP contribution in [0.25, 0.3) is 0 Å². The lowest BCUT2D eigenvalue weighted by molar-refractivity contribution is -0.147. The summed E-state index contributed by atoms with van der Waals surface area (Å²) in [4.78, 5) is 15.0. The maximum absolute atomic E-state index is 13.1. The van der Waals surface area contributed by atoms with E-state index in [4.69, 9.17) is 4.74 Å². The predicted molar refractivity (Wildman–Crippen MR) is 96.2 cm³/mol. The lowest BCUT2D eigenvalue weighted by Gasteiger charge is -2.38. The third kappa shape index (κ3) is 3.69. The molecule has 2 heterocycles. The summed E-state index contributed by atoms with van der Waals surface area (Å²) < 4.78 is 19.1. The van der Waals surface area contributed by atoms with Crippen molar-refractivity contribution in [2.45, 2.75) is 38.4 Å². The molecular weight excluding hydrogens is 343 g/mol. The molecular formula is C19H26ClFN2O2. The first-order chi connectivity index (χ1) is 11.6. The Hall–Kier alpha value is -1.17. The van der Waals surface area contributed by atoms with Crippen LogP contribution < -0.4 is 5.32 Å². The third-order valence-electron chi connectivity index (χ3n) is 5.90. The van der Waals surface area contributed by atoms with Crippen molar-refractivity contribution in [3.63, 3.8) is 0 Å². The fourth-order valence-electron chi connectivity index (χ4n) is 4.39. The number of ether oxygens (including phenoxy) is 1. The number of carbonyl (C=O) groups is 1. The minimum Gasteiger partial charge on any atom is -0.367 e. The van der Waals surface area contributed by atoms with E-state index in [2.05, 4.69) is 5.32 Å². The number of piperidine rings is 1. The average Bonchev–Trinajstić information content (AvgIpc) is 3.27. The van der Waals surface area contributed by atoms with E-state index >= 15 is 0 Å². The number of morpholine rings is 1. The third-order valence-corrected chi connectivity index (χ3v) is 5.90. The molecule has 0 bridgehead atoms. The maximum atomic E-state index is 13.1. The lowest BCUT2D eigenvalue weighted by atomic mass is 9.91. The highest BCUT2D eigenvalue weighted by Gasteiger charge is 2.58. The van der Waals surface area contributed by atoms with Crippen molar-refractivity contribution in [1.82, 2.24) is 10.2 Å². The van der Waals surface area contributed by atoms with Crippen molar-refractivity contribution < 1.29 is 13.9 Å². The highest BCUT2D eigenvalue weighted by molar-refractivity contribution is 5.85. The molecule has 0 aromatic heterocycles. The summed E-state index contributed by atoms with van der Waals surface area (Å²) in [6.45, 7) is 5.28. The number of nitrogens with one attached hydrogen (secondary N) is 1.